The summed E-state index contributed by atoms with van der Waals surface area (Å²) in [5.74, 6) is 0. The quantitative estimate of drug-likeness (QED) is 0.559. The molecule has 0 unspecified atom stereocenters. The second-order valence-electron chi connectivity index (χ2n) is 1.96. The third-order valence-electron chi connectivity index (χ3n) is 1.27. The van der Waals surface area contributed by atoms with Crippen LogP contribution in [0.1, 0.15) is 6.92 Å². The van der Waals surface area contributed by atoms with Gasteiger partial charge in [0.15, 0.2) is 5.70 Å². The van der Waals surface area contributed by atoms with Crippen molar-refractivity contribution in [1.29, 1.82) is 5.26 Å². The monoisotopic (exact) mass is 156 g/mol. The molecule has 1 radical (unpaired) electrons. The van der Waals surface area contributed by atoms with E-state index in [-0.39, 0.29) is 17.0 Å². The van der Waals surface area contributed by atoms with E-state index >= 15 is 0 Å². The Hall–Kier alpha value is -1.44. The van der Waals surface area contributed by atoms with E-state index in [1.807, 2.05) is 0 Å². The maximum Gasteiger partial charge on any atom is 0.268 e. The first-order valence-electron chi connectivity index (χ1n) is 2.85. The van der Waals surface area contributed by atoms with Gasteiger partial charge in [0, 0.05) is 0 Å². The van der Waals surface area contributed by atoms with Crippen molar-refractivity contribution >= 4 is 5.71 Å². The van der Waals surface area contributed by atoms with E-state index in [0.717, 1.165) is 0 Å². The van der Waals surface area contributed by atoms with Gasteiger partial charge in [-0.1, -0.05) is 0 Å². The van der Waals surface area contributed by atoms with Crippen LogP contribution in [-0.2, 0) is 0 Å². The van der Waals surface area contributed by atoms with E-state index in [0.29, 0.717) is 0 Å². The summed E-state index contributed by atoms with van der Waals surface area (Å²) in [4.78, 5) is 0. The fourth-order valence-corrected chi connectivity index (χ4v) is 0.748. The average Bonchev–Trinajstić information content (AvgIpc) is 2.30. The highest BCUT2D eigenvalue weighted by atomic mass is 19.3. The van der Waals surface area contributed by atoms with Crippen molar-refractivity contribution in [1.82, 2.24) is 5.43 Å². The summed E-state index contributed by atoms with van der Waals surface area (Å²) < 4.78 is 24.2. The molecular weight excluding hydrogens is 152 g/mol. The molecule has 1 aliphatic heterocycles. The minimum absolute atomic E-state index is 0.122. The van der Waals surface area contributed by atoms with Gasteiger partial charge in [-0.15, -0.1) is 5.43 Å². The highest BCUT2D eigenvalue weighted by Gasteiger charge is 2.25. The van der Waals surface area contributed by atoms with Gasteiger partial charge in [0.05, 0.1) is 11.3 Å². The number of rotatable bonds is 1. The molecule has 1 heterocycles. The Bertz CT molecular complexity index is 272. The predicted molar refractivity (Wildman–Crippen MR) is 33.9 cm³/mol. The van der Waals surface area contributed by atoms with E-state index in [1.165, 1.54) is 6.92 Å². The lowest BCUT2D eigenvalue weighted by Gasteiger charge is -1.97. The Morgan fingerprint density at radius 1 is 1.55 bits per heavy atom. The molecule has 3 nitrogen and oxygen atoms in total. The van der Waals surface area contributed by atoms with Crippen LogP contribution in [0.25, 0.3) is 0 Å². The van der Waals surface area contributed by atoms with Crippen LogP contribution in [-0.4, -0.2) is 12.1 Å². The fraction of sp³-hybridized carbons (Fsp3) is 0.333. The van der Waals surface area contributed by atoms with Gasteiger partial charge in [-0.3, -0.25) is 0 Å². The summed E-state index contributed by atoms with van der Waals surface area (Å²) in [6.45, 7) is 1.40. The van der Waals surface area contributed by atoms with Crippen LogP contribution in [0.15, 0.2) is 16.4 Å². The molecule has 0 N–H and O–H groups in total. The number of nitriles is 1. The summed E-state index contributed by atoms with van der Waals surface area (Å²) in [5.41, 5.74) is 2.75. The number of halogens is 2. The van der Waals surface area contributed by atoms with Crippen LogP contribution in [0.5, 0.6) is 0 Å². The zero-order chi connectivity index (χ0) is 8.43. The minimum atomic E-state index is -2.67. The molecule has 11 heavy (non-hydrogen) atoms. The smallest absolute Gasteiger partial charge is 0.205 e. The summed E-state index contributed by atoms with van der Waals surface area (Å²) in [6, 6.07) is 1.54. The summed E-state index contributed by atoms with van der Waals surface area (Å²) in [6.07, 6.45) is -2.67. The number of allylic oxidation sites excluding steroid dienone is 2. The molecule has 0 amide bonds. The van der Waals surface area contributed by atoms with Gasteiger partial charge in [0.1, 0.15) is 6.07 Å². The van der Waals surface area contributed by atoms with Crippen LogP contribution in [0.3, 0.4) is 0 Å². The molecule has 1 rings (SSSR count). The van der Waals surface area contributed by atoms with Gasteiger partial charge < -0.3 is 0 Å². The van der Waals surface area contributed by atoms with Crippen LogP contribution in [0.4, 0.5) is 8.78 Å². The summed E-state index contributed by atoms with van der Waals surface area (Å²) in [5, 5.41) is 11.7. The number of hydrogen-bond donors (Lipinski definition) is 0. The molecule has 0 fully saturated rings. The third-order valence-corrected chi connectivity index (χ3v) is 1.27. The van der Waals surface area contributed by atoms with Gasteiger partial charge in [0.25, 0.3) is 6.43 Å². The van der Waals surface area contributed by atoms with Gasteiger partial charge in [-0.2, -0.15) is 10.4 Å². The SMILES string of the molecule is CC1=N[N]C(C#N)=C1C(F)F. The lowest BCUT2D eigenvalue weighted by Crippen LogP contribution is -2.05. The fourth-order valence-electron chi connectivity index (χ4n) is 0.748. The predicted octanol–water partition coefficient (Wildman–Crippen LogP) is 1.02. The van der Waals surface area contributed by atoms with Crippen LogP contribution < -0.4 is 5.43 Å². The molecule has 5 heteroatoms. The Morgan fingerprint density at radius 3 is 2.55 bits per heavy atom. The highest BCUT2D eigenvalue weighted by Crippen LogP contribution is 2.18. The van der Waals surface area contributed by atoms with Gasteiger partial charge in [-0.05, 0) is 6.92 Å². The lowest BCUT2D eigenvalue weighted by atomic mass is 10.1. The van der Waals surface area contributed by atoms with Crippen molar-refractivity contribution < 1.29 is 8.78 Å². The molecule has 0 aromatic heterocycles. The molecule has 57 valence electrons. The molecule has 0 atom stereocenters. The molecule has 0 bridgehead atoms. The number of hydrogen-bond acceptors (Lipinski definition) is 2. The maximum atomic E-state index is 12.1. The molecule has 0 saturated heterocycles. The molecule has 0 spiro atoms. The first kappa shape index (κ1) is 7.66. The first-order valence-corrected chi connectivity index (χ1v) is 2.85. The topological polar surface area (TPSA) is 50.2 Å². The van der Waals surface area contributed by atoms with Crippen molar-refractivity contribution in [2.24, 2.45) is 5.10 Å². The van der Waals surface area contributed by atoms with Crippen LogP contribution >= 0.6 is 0 Å². The van der Waals surface area contributed by atoms with Crippen LogP contribution in [0, 0.1) is 11.3 Å². The number of nitrogens with zero attached hydrogens (tertiary/aromatic N) is 3. The second-order valence-corrected chi connectivity index (χ2v) is 1.96. The Balaban J connectivity index is 3.02. The highest BCUT2D eigenvalue weighted by molar-refractivity contribution is 6.01. The van der Waals surface area contributed by atoms with Crippen molar-refractivity contribution in [3.63, 3.8) is 0 Å². The zero-order valence-electron chi connectivity index (χ0n) is 5.67. The Labute approximate surface area is 62.0 Å². The average molecular weight is 156 g/mol. The Kier molecular flexibility index (Phi) is 1.85. The van der Waals surface area contributed by atoms with Crippen molar-refractivity contribution in [2.45, 2.75) is 13.3 Å². The molecule has 0 aliphatic carbocycles. The summed E-state index contributed by atoms with van der Waals surface area (Å²) >= 11 is 0. The van der Waals surface area contributed by atoms with Crippen molar-refractivity contribution in [3.8, 4) is 6.07 Å². The van der Waals surface area contributed by atoms with E-state index in [2.05, 4.69) is 10.5 Å². The van der Waals surface area contributed by atoms with Crippen molar-refractivity contribution in [2.75, 3.05) is 0 Å². The minimum Gasteiger partial charge on any atom is -0.205 e. The standard InChI is InChI=1S/C6H4F2N3/c1-3-5(6(7)8)4(2-9)11-10-3/h6H,1H3. The lowest BCUT2D eigenvalue weighted by molar-refractivity contribution is 0.196. The van der Waals surface area contributed by atoms with Gasteiger partial charge in [-0.25, -0.2) is 8.78 Å². The van der Waals surface area contributed by atoms with E-state index in [9.17, 15) is 8.78 Å². The molecule has 1 aliphatic rings. The van der Waals surface area contributed by atoms with Gasteiger partial charge >= 0.3 is 0 Å². The van der Waals surface area contributed by atoms with E-state index in [1.54, 1.807) is 6.07 Å². The van der Waals surface area contributed by atoms with E-state index in [4.69, 9.17) is 5.26 Å². The second kappa shape index (κ2) is 2.66. The number of alkyl halides is 2. The largest absolute Gasteiger partial charge is 0.268 e. The zero-order valence-corrected chi connectivity index (χ0v) is 5.67. The summed E-state index contributed by atoms with van der Waals surface area (Å²) in [7, 11) is 0. The molecular formula is C6H4F2N3. The maximum absolute atomic E-state index is 12.1. The Morgan fingerprint density at radius 2 is 2.18 bits per heavy atom. The molecule has 0 aromatic rings. The molecule has 0 aromatic carbocycles. The third kappa shape index (κ3) is 1.19. The van der Waals surface area contributed by atoms with Crippen molar-refractivity contribution in [3.05, 3.63) is 11.3 Å². The van der Waals surface area contributed by atoms with E-state index < -0.39 is 6.43 Å². The first-order chi connectivity index (χ1) is 5.16. The van der Waals surface area contributed by atoms with Gasteiger partial charge in [0.2, 0.25) is 0 Å². The van der Waals surface area contributed by atoms with Crippen LogP contribution in [0.2, 0.25) is 0 Å². The molecule has 0 saturated carbocycles. The normalized spacial score (nSPS) is 16.5.